The highest BCUT2D eigenvalue weighted by Gasteiger charge is 2.18. The van der Waals surface area contributed by atoms with Crippen molar-refractivity contribution in [1.82, 2.24) is 14.6 Å². The first-order valence-corrected chi connectivity index (χ1v) is 9.56. The van der Waals surface area contributed by atoms with E-state index in [1.165, 1.54) is 0 Å². The standard InChI is InChI=1S/C13H25N3O2S2/c1-5-6-14-9-12-7-13(10-16(12)3)20(17,18)15-8-11(2)19-4/h7,10-11,14-15H,5-6,8-9H2,1-4H3. The number of rotatable bonds is 9. The van der Waals surface area contributed by atoms with E-state index in [2.05, 4.69) is 17.0 Å². The Hall–Kier alpha value is -0.500. The Balaban J connectivity index is 2.73. The van der Waals surface area contributed by atoms with Gasteiger partial charge in [-0.15, -0.1) is 0 Å². The molecule has 0 aliphatic carbocycles. The van der Waals surface area contributed by atoms with Crippen molar-refractivity contribution in [1.29, 1.82) is 0 Å². The topological polar surface area (TPSA) is 63.1 Å². The summed E-state index contributed by atoms with van der Waals surface area (Å²) in [5.41, 5.74) is 0.969. The van der Waals surface area contributed by atoms with E-state index in [1.807, 2.05) is 24.8 Å². The molecule has 0 saturated carbocycles. The first-order chi connectivity index (χ1) is 9.40. The van der Waals surface area contributed by atoms with E-state index in [0.29, 0.717) is 18.0 Å². The lowest BCUT2D eigenvalue weighted by Crippen LogP contribution is -2.29. The molecular formula is C13H25N3O2S2. The molecule has 0 bridgehead atoms. The first kappa shape index (κ1) is 17.6. The van der Waals surface area contributed by atoms with E-state index >= 15 is 0 Å². The normalized spacial score (nSPS) is 13.6. The molecule has 0 radical (unpaired) electrons. The van der Waals surface area contributed by atoms with Crippen LogP contribution >= 0.6 is 11.8 Å². The SMILES string of the molecule is CCCNCc1cc(S(=O)(=O)NCC(C)SC)cn1C. The van der Waals surface area contributed by atoms with Crippen LogP contribution in [0.5, 0.6) is 0 Å². The van der Waals surface area contributed by atoms with Gasteiger partial charge in [0.25, 0.3) is 0 Å². The molecule has 2 N–H and O–H groups in total. The van der Waals surface area contributed by atoms with Crippen molar-refractivity contribution in [2.45, 2.75) is 37.0 Å². The fraction of sp³-hybridized carbons (Fsp3) is 0.692. The van der Waals surface area contributed by atoms with Crippen LogP contribution in [-0.4, -0.2) is 37.6 Å². The van der Waals surface area contributed by atoms with Gasteiger partial charge in [0, 0.05) is 37.3 Å². The molecule has 1 aromatic rings. The van der Waals surface area contributed by atoms with Gasteiger partial charge in [0.05, 0.1) is 4.90 Å². The Morgan fingerprint density at radius 2 is 2.15 bits per heavy atom. The summed E-state index contributed by atoms with van der Waals surface area (Å²) in [4.78, 5) is 0.335. The van der Waals surface area contributed by atoms with Gasteiger partial charge in [-0.05, 0) is 25.3 Å². The molecule has 7 heteroatoms. The third kappa shape index (κ3) is 5.12. The number of aromatic nitrogens is 1. The van der Waals surface area contributed by atoms with E-state index in [9.17, 15) is 8.42 Å². The highest BCUT2D eigenvalue weighted by molar-refractivity contribution is 7.99. The van der Waals surface area contributed by atoms with Crippen LogP contribution in [0.2, 0.25) is 0 Å². The van der Waals surface area contributed by atoms with Crippen molar-refractivity contribution < 1.29 is 8.42 Å². The van der Waals surface area contributed by atoms with Crippen LogP contribution in [0, 0.1) is 0 Å². The molecular weight excluding hydrogens is 294 g/mol. The fourth-order valence-corrected chi connectivity index (χ4v) is 3.27. The molecule has 0 aliphatic rings. The number of sulfonamides is 1. The van der Waals surface area contributed by atoms with Gasteiger partial charge in [-0.2, -0.15) is 11.8 Å². The van der Waals surface area contributed by atoms with Crippen molar-refractivity contribution in [3.63, 3.8) is 0 Å². The average molecular weight is 319 g/mol. The summed E-state index contributed by atoms with van der Waals surface area (Å²) in [6.07, 6.45) is 4.69. The first-order valence-electron chi connectivity index (χ1n) is 6.79. The quantitative estimate of drug-likeness (QED) is 0.678. The summed E-state index contributed by atoms with van der Waals surface area (Å²) in [5.74, 6) is 0. The van der Waals surface area contributed by atoms with Crippen molar-refractivity contribution in [3.05, 3.63) is 18.0 Å². The molecule has 0 aliphatic heterocycles. The lowest BCUT2D eigenvalue weighted by atomic mass is 10.4. The molecule has 0 fully saturated rings. The zero-order chi connectivity index (χ0) is 15.2. The minimum Gasteiger partial charge on any atom is -0.352 e. The second-order valence-corrected chi connectivity index (χ2v) is 7.90. The second-order valence-electron chi connectivity index (χ2n) is 4.85. The Bertz CT molecular complexity index is 512. The van der Waals surface area contributed by atoms with Gasteiger partial charge in [0.15, 0.2) is 0 Å². The van der Waals surface area contributed by atoms with Crippen LogP contribution < -0.4 is 10.0 Å². The van der Waals surface area contributed by atoms with Crippen LogP contribution in [0.1, 0.15) is 26.0 Å². The molecule has 5 nitrogen and oxygen atoms in total. The zero-order valence-electron chi connectivity index (χ0n) is 12.6. The van der Waals surface area contributed by atoms with E-state index in [4.69, 9.17) is 0 Å². The van der Waals surface area contributed by atoms with Gasteiger partial charge in [-0.25, -0.2) is 13.1 Å². The van der Waals surface area contributed by atoms with E-state index in [0.717, 1.165) is 18.7 Å². The molecule has 1 rings (SSSR count). The molecule has 1 aromatic heterocycles. The monoisotopic (exact) mass is 319 g/mol. The number of nitrogens with one attached hydrogen (secondary N) is 2. The van der Waals surface area contributed by atoms with Gasteiger partial charge in [0.1, 0.15) is 0 Å². The summed E-state index contributed by atoms with van der Waals surface area (Å²) >= 11 is 1.64. The van der Waals surface area contributed by atoms with Crippen LogP contribution in [0.15, 0.2) is 17.2 Å². The molecule has 0 amide bonds. The summed E-state index contributed by atoms with van der Waals surface area (Å²) in [6.45, 7) is 6.16. The second kappa shape index (κ2) is 8.07. The van der Waals surface area contributed by atoms with Crippen molar-refractivity contribution in [2.24, 2.45) is 7.05 Å². The molecule has 20 heavy (non-hydrogen) atoms. The summed E-state index contributed by atoms with van der Waals surface area (Å²) in [6, 6.07) is 1.73. The lowest BCUT2D eigenvalue weighted by Gasteiger charge is -2.09. The van der Waals surface area contributed by atoms with E-state index in [-0.39, 0.29) is 5.25 Å². The molecule has 1 atom stereocenters. The van der Waals surface area contributed by atoms with Gasteiger partial charge in [-0.3, -0.25) is 0 Å². The van der Waals surface area contributed by atoms with E-state index in [1.54, 1.807) is 24.0 Å². The summed E-state index contributed by atoms with van der Waals surface area (Å²) in [7, 11) is -1.54. The predicted molar refractivity (Wildman–Crippen MR) is 85.6 cm³/mol. The summed E-state index contributed by atoms with van der Waals surface area (Å²) < 4.78 is 28.9. The van der Waals surface area contributed by atoms with Gasteiger partial charge >= 0.3 is 0 Å². The van der Waals surface area contributed by atoms with Gasteiger partial charge in [0.2, 0.25) is 10.0 Å². The van der Waals surface area contributed by atoms with Crippen LogP contribution in [0.3, 0.4) is 0 Å². The Morgan fingerprint density at radius 1 is 1.45 bits per heavy atom. The average Bonchev–Trinajstić information content (AvgIpc) is 2.79. The Labute approximate surface area is 126 Å². The maximum Gasteiger partial charge on any atom is 0.242 e. The minimum atomic E-state index is -3.41. The fourth-order valence-electron chi connectivity index (χ4n) is 1.69. The number of hydrogen-bond acceptors (Lipinski definition) is 4. The predicted octanol–water partition coefficient (Wildman–Crippen LogP) is 1.55. The van der Waals surface area contributed by atoms with Crippen molar-refractivity contribution in [2.75, 3.05) is 19.3 Å². The molecule has 0 spiro atoms. The number of aryl methyl sites for hydroxylation is 1. The molecule has 0 saturated heterocycles. The molecule has 116 valence electrons. The largest absolute Gasteiger partial charge is 0.352 e. The van der Waals surface area contributed by atoms with E-state index < -0.39 is 10.0 Å². The molecule has 1 unspecified atom stereocenters. The number of hydrogen-bond donors (Lipinski definition) is 2. The minimum absolute atomic E-state index is 0.263. The van der Waals surface area contributed by atoms with Crippen molar-refractivity contribution >= 4 is 21.8 Å². The third-order valence-corrected chi connectivity index (χ3v) is 5.45. The van der Waals surface area contributed by atoms with Crippen molar-refractivity contribution in [3.8, 4) is 0 Å². The van der Waals surface area contributed by atoms with Crippen LogP contribution in [0.4, 0.5) is 0 Å². The zero-order valence-corrected chi connectivity index (χ0v) is 14.3. The number of nitrogens with zero attached hydrogens (tertiary/aromatic N) is 1. The smallest absolute Gasteiger partial charge is 0.242 e. The highest BCUT2D eigenvalue weighted by atomic mass is 32.2. The Kier molecular flexibility index (Phi) is 7.08. The van der Waals surface area contributed by atoms with Crippen LogP contribution in [0.25, 0.3) is 0 Å². The van der Waals surface area contributed by atoms with Crippen LogP contribution in [-0.2, 0) is 23.6 Å². The third-order valence-electron chi connectivity index (χ3n) is 3.09. The molecule has 0 aromatic carbocycles. The Morgan fingerprint density at radius 3 is 2.75 bits per heavy atom. The number of thioether (sulfide) groups is 1. The molecule has 1 heterocycles. The lowest BCUT2D eigenvalue weighted by molar-refractivity contribution is 0.581. The van der Waals surface area contributed by atoms with Gasteiger partial charge in [-0.1, -0.05) is 13.8 Å². The summed E-state index contributed by atoms with van der Waals surface area (Å²) in [5, 5.41) is 3.54. The maximum atomic E-state index is 12.2. The maximum absolute atomic E-state index is 12.2. The van der Waals surface area contributed by atoms with Gasteiger partial charge < -0.3 is 9.88 Å². The highest BCUT2D eigenvalue weighted by Crippen LogP contribution is 2.14.